The van der Waals surface area contributed by atoms with E-state index in [1.54, 1.807) is 5.56 Å². The van der Waals surface area contributed by atoms with Gasteiger partial charge in [-0.3, -0.25) is 4.90 Å². The van der Waals surface area contributed by atoms with Gasteiger partial charge in [0, 0.05) is 36.2 Å². The smallest absolute Gasteiger partial charge is 0.0546 e. The Kier molecular flexibility index (Phi) is 1.83. The number of anilines is 1. The standard InChI is InChI=1S/C20H24N2/c1-14-18-8-5-12-22-13-11-19(17(18)22)15-6-3-4-7-16(15)21(2)20(14,19)10-9-18/h3-8,14,17H,9-13H2,1-2H3/t14?,17-,18-,19+,20-/m0/s1. The molecule has 2 bridgehead atoms. The molecule has 1 unspecified atom stereocenters. The van der Waals surface area contributed by atoms with E-state index in [-0.39, 0.29) is 0 Å². The zero-order chi connectivity index (χ0) is 14.7. The summed E-state index contributed by atoms with van der Waals surface area (Å²) in [6, 6.07) is 10.0. The van der Waals surface area contributed by atoms with Crippen molar-refractivity contribution in [2.45, 2.75) is 43.2 Å². The Morgan fingerprint density at radius 3 is 2.91 bits per heavy atom. The molecular weight excluding hydrogens is 268 g/mol. The third-order valence-electron chi connectivity index (χ3n) is 8.48. The maximum absolute atomic E-state index is 2.81. The van der Waals surface area contributed by atoms with Crippen LogP contribution in [0.25, 0.3) is 0 Å². The number of benzene rings is 1. The Hall–Kier alpha value is -1.28. The largest absolute Gasteiger partial charge is 0.367 e. The highest BCUT2D eigenvalue weighted by molar-refractivity contribution is 5.72. The summed E-state index contributed by atoms with van der Waals surface area (Å²) in [5.41, 5.74) is 4.33. The van der Waals surface area contributed by atoms with Gasteiger partial charge in [0.25, 0.3) is 0 Å². The zero-order valence-electron chi connectivity index (χ0n) is 13.5. The molecule has 5 atom stereocenters. The quantitative estimate of drug-likeness (QED) is 0.678. The molecule has 6 rings (SSSR count). The number of para-hydroxylation sites is 1. The number of fused-ring (bicyclic) bond motifs is 1. The van der Waals surface area contributed by atoms with Crippen LogP contribution in [0.3, 0.4) is 0 Å². The number of likely N-dealkylation sites (N-methyl/N-ethyl adjacent to an activating group) is 1. The number of rotatable bonds is 0. The molecule has 3 spiro atoms. The van der Waals surface area contributed by atoms with Crippen LogP contribution < -0.4 is 4.90 Å². The fraction of sp³-hybridized carbons (Fsp3) is 0.600. The molecule has 1 aromatic rings. The lowest BCUT2D eigenvalue weighted by atomic mass is 9.60. The summed E-state index contributed by atoms with van der Waals surface area (Å²) >= 11 is 0. The maximum Gasteiger partial charge on any atom is 0.0546 e. The number of nitrogens with zero attached hydrogens (tertiary/aromatic N) is 2. The second kappa shape index (κ2) is 3.31. The van der Waals surface area contributed by atoms with E-state index in [2.05, 4.69) is 60.2 Å². The SMILES string of the molecule is CC1[C@]23C=CCN4CC[C@@]5(c6ccccc6N(C)[C@@]15CC2)[C@@H]43. The third kappa shape index (κ3) is 0.859. The molecule has 3 fully saturated rings. The molecule has 0 amide bonds. The van der Waals surface area contributed by atoms with Gasteiger partial charge in [0.05, 0.1) is 5.54 Å². The molecule has 5 aliphatic rings. The minimum Gasteiger partial charge on any atom is -0.367 e. The first-order valence-corrected chi connectivity index (χ1v) is 8.94. The molecule has 2 saturated carbocycles. The van der Waals surface area contributed by atoms with Gasteiger partial charge in [-0.05, 0) is 43.4 Å². The Morgan fingerprint density at radius 1 is 1.14 bits per heavy atom. The highest BCUT2D eigenvalue weighted by Crippen LogP contribution is 2.78. The van der Waals surface area contributed by atoms with Crippen molar-refractivity contribution in [3.8, 4) is 0 Å². The van der Waals surface area contributed by atoms with E-state index in [1.165, 1.54) is 38.0 Å². The van der Waals surface area contributed by atoms with Gasteiger partial charge in [-0.25, -0.2) is 0 Å². The van der Waals surface area contributed by atoms with Crippen LogP contribution in [0, 0.1) is 11.3 Å². The van der Waals surface area contributed by atoms with Crippen LogP contribution >= 0.6 is 0 Å². The summed E-state index contributed by atoms with van der Waals surface area (Å²) in [7, 11) is 2.38. The van der Waals surface area contributed by atoms with E-state index >= 15 is 0 Å². The Labute approximate surface area is 132 Å². The van der Waals surface area contributed by atoms with Gasteiger partial charge in [0.1, 0.15) is 0 Å². The van der Waals surface area contributed by atoms with Crippen LogP contribution in [0.15, 0.2) is 36.4 Å². The zero-order valence-corrected chi connectivity index (χ0v) is 13.5. The molecule has 22 heavy (non-hydrogen) atoms. The van der Waals surface area contributed by atoms with Crippen LogP contribution in [0.2, 0.25) is 0 Å². The Balaban J connectivity index is 1.74. The predicted octanol–water partition coefficient (Wildman–Crippen LogP) is 3.19. The van der Waals surface area contributed by atoms with Crippen molar-refractivity contribution < 1.29 is 0 Å². The molecule has 1 aromatic carbocycles. The van der Waals surface area contributed by atoms with Gasteiger partial charge >= 0.3 is 0 Å². The molecular formula is C20H24N2. The van der Waals surface area contributed by atoms with Gasteiger partial charge < -0.3 is 4.90 Å². The summed E-state index contributed by atoms with van der Waals surface area (Å²) in [6.45, 7) is 5.01. The second-order valence-electron chi connectivity index (χ2n) is 8.36. The monoisotopic (exact) mass is 292 g/mol. The van der Waals surface area contributed by atoms with Crippen LogP contribution in [0.5, 0.6) is 0 Å². The molecule has 1 saturated heterocycles. The average Bonchev–Trinajstić information content (AvgIpc) is 3.20. The van der Waals surface area contributed by atoms with Crippen molar-refractivity contribution in [2.24, 2.45) is 11.3 Å². The molecule has 114 valence electrons. The third-order valence-corrected chi connectivity index (χ3v) is 8.48. The van der Waals surface area contributed by atoms with Gasteiger partial charge in [-0.1, -0.05) is 37.3 Å². The topological polar surface area (TPSA) is 6.48 Å². The number of hydrogen-bond donors (Lipinski definition) is 0. The molecule has 0 aromatic heterocycles. The summed E-state index contributed by atoms with van der Waals surface area (Å²) in [4.78, 5) is 5.52. The summed E-state index contributed by atoms with van der Waals surface area (Å²) in [5, 5.41) is 0. The van der Waals surface area contributed by atoms with Gasteiger partial charge in [0.2, 0.25) is 0 Å². The van der Waals surface area contributed by atoms with Crippen LogP contribution in [-0.2, 0) is 5.41 Å². The first kappa shape index (κ1) is 12.2. The van der Waals surface area contributed by atoms with Crippen molar-refractivity contribution in [3.05, 3.63) is 42.0 Å². The molecule has 0 N–H and O–H groups in total. The van der Waals surface area contributed by atoms with Crippen molar-refractivity contribution in [1.82, 2.24) is 4.90 Å². The first-order chi connectivity index (χ1) is 10.7. The Bertz CT molecular complexity index is 724. The highest BCUT2D eigenvalue weighted by Gasteiger charge is 2.83. The van der Waals surface area contributed by atoms with Crippen molar-refractivity contribution in [1.29, 1.82) is 0 Å². The first-order valence-electron chi connectivity index (χ1n) is 8.94. The van der Waals surface area contributed by atoms with E-state index in [1.807, 2.05) is 0 Å². The molecule has 2 heteroatoms. The van der Waals surface area contributed by atoms with E-state index in [4.69, 9.17) is 0 Å². The normalized spacial score (nSPS) is 50.4. The summed E-state index contributed by atoms with van der Waals surface area (Å²) in [5.74, 6) is 0.752. The van der Waals surface area contributed by atoms with Gasteiger partial charge in [0.15, 0.2) is 0 Å². The second-order valence-corrected chi connectivity index (χ2v) is 8.36. The lowest BCUT2D eigenvalue weighted by Gasteiger charge is -2.49. The van der Waals surface area contributed by atoms with Crippen LogP contribution in [-0.4, -0.2) is 36.6 Å². The van der Waals surface area contributed by atoms with Crippen molar-refractivity contribution in [2.75, 3.05) is 25.0 Å². The van der Waals surface area contributed by atoms with E-state index in [0.29, 0.717) is 16.4 Å². The lowest BCUT2D eigenvalue weighted by molar-refractivity contribution is 0.0983. The molecule has 2 nitrogen and oxygen atoms in total. The maximum atomic E-state index is 2.81. The Morgan fingerprint density at radius 2 is 2.00 bits per heavy atom. The van der Waals surface area contributed by atoms with E-state index in [9.17, 15) is 0 Å². The minimum absolute atomic E-state index is 0.352. The summed E-state index contributed by atoms with van der Waals surface area (Å²) in [6.07, 6.45) is 9.21. The molecule has 0 radical (unpaired) electrons. The molecule has 2 aliphatic carbocycles. The van der Waals surface area contributed by atoms with Crippen LogP contribution in [0.1, 0.15) is 31.7 Å². The van der Waals surface area contributed by atoms with Gasteiger partial charge in [-0.15, -0.1) is 0 Å². The van der Waals surface area contributed by atoms with Gasteiger partial charge in [-0.2, -0.15) is 0 Å². The van der Waals surface area contributed by atoms with Crippen molar-refractivity contribution >= 4 is 5.69 Å². The summed E-state index contributed by atoms with van der Waals surface area (Å²) < 4.78 is 0. The molecule has 3 heterocycles. The molecule has 3 aliphatic heterocycles. The predicted molar refractivity (Wildman–Crippen MR) is 89.2 cm³/mol. The fourth-order valence-corrected chi connectivity index (χ4v) is 7.97. The fourth-order valence-electron chi connectivity index (χ4n) is 7.97. The van der Waals surface area contributed by atoms with E-state index in [0.717, 1.165) is 12.0 Å². The minimum atomic E-state index is 0.352. The van der Waals surface area contributed by atoms with E-state index < -0.39 is 0 Å². The lowest BCUT2D eigenvalue weighted by Crippen LogP contribution is -2.60. The average molecular weight is 292 g/mol. The van der Waals surface area contributed by atoms with Crippen molar-refractivity contribution in [3.63, 3.8) is 0 Å². The highest BCUT2D eigenvalue weighted by atomic mass is 15.3. The van der Waals surface area contributed by atoms with Crippen LogP contribution in [0.4, 0.5) is 5.69 Å². The number of hydrogen-bond acceptors (Lipinski definition) is 2.